The fourth-order valence-corrected chi connectivity index (χ4v) is 5.04. The van der Waals surface area contributed by atoms with Crippen LogP contribution in [0.3, 0.4) is 0 Å². The summed E-state index contributed by atoms with van der Waals surface area (Å²) in [5, 5.41) is -3.24. The monoisotopic (exact) mass is 225 g/mol. The van der Waals surface area contributed by atoms with Crippen molar-refractivity contribution in [2.45, 2.75) is 51.6 Å². The average molecular weight is 225 g/mol. The van der Waals surface area contributed by atoms with Crippen molar-refractivity contribution in [2.24, 2.45) is 0 Å². The normalized spacial score (nSPS) is 17.2. The number of hydrogen-bond donors (Lipinski definition) is 1. The Kier molecular flexibility index (Phi) is 5.33. The molecule has 2 nitrogen and oxygen atoms in total. The summed E-state index contributed by atoms with van der Waals surface area (Å²) in [7, 11) is 0. The van der Waals surface area contributed by atoms with E-state index in [0.717, 1.165) is 25.7 Å². The van der Waals surface area contributed by atoms with E-state index in [1.807, 2.05) is 13.8 Å². The topological polar surface area (TPSA) is 37.3 Å². The Balaban J connectivity index is 4.70. The van der Waals surface area contributed by atoms with Crippen molar-refractivity contribution < 1.29 is 29.4 Å². The van der Waals surface area contributed by atoms with Gasteiger partial charge in [0.05, 0.1) is 0 Å². The molecule has 0 saturated carbocycles. The predicted molar refractivity (Wildman–Crippen MR) is 48.0 cm³/mol. The molecule has 0 heterocycles. The minimum absolute atomic E-state index is 0.318. The maximum absolute atomic E-state index is 11.6. The van der Waals surface area contributed by atoms with E-state index in [9.17, 15) is 9.46 Å². The first-order valence-corrected chi connectivity index (χ1v) is 8.27. The number of hydrogen-bond acceptors (Lipinski definition) is 1. The SMILES string of the molecule is CCCC(CC)(CC)[P](=O)(O)[Ti]. The summed E-state index contributed by atoms with van der Waals surface area (Å²) in [4.78, 5) is 9.61. The number of rotatable bonds is 5. The Bertz CT molecular complexity index is 172. The second-order valence-corrected chi connectivity index (χ2v) is 8.20. The van der Waals surface area contributed by atoms with Crippen LogP contribution in [-0.2, 0) is 24.5 Å². The third kappa shape index (κ3) is 2.70. The van der Waals surface area contributed by atoms with Gasteiger partial charge in [0.2, 0.25) is 0 Å². The van der Waals surface area contributed by atoms with Crippen LogP contribution < -0.4 is 0 Å². The molecule has 0 aliphatic rings. The van der Waals surface area contributed by atoms with Crippen LogP contribution in [0, 0.1) is 0 Å². The fraction of sp³-hybridized carbons (Fsp3) is 1.00. The third-order valence-corrected chi connectivity index (χ3v) is 7.04. The first kappa shape index (κ1) is 12.9. The second-order valence-electron chi connectivity index (χ2n) is 3.26. The molecular formula is C8H18O2PTi. The molecule has 12 heavy (non-hydrogen) atoms. The molecule has 0 bridgehead atoms. The quantitative estimate of drug-likeness (QED) is 0.576. The van der Waals surface area contributed by atoms with Gasteiger partial charge in [-0.3, -0.25) is 0 Å². The van der Waals surface area contributed by atoms with Gasteiger partial charge in [0.1, 0.15) is 0 Å². The molecule has 0 aliphatic carbocycles. The first-order valence-electron chi connectivity index (χ1n) is 4.51. The van der Waals surface area contributed by atoms with Crippen LogP contribution in [0.15, 0.2) is 0 Å². The Morgan fingerprint density at radius 1 is 1.33 bits per heavy atom. The Morgan fingerprint density at radius 2 is 1.75 bits per heavy atom. The van der Waals surface area contributed by atoms with Gasteiger partial charge in [-0.1, -0.05) is 0 Å². The molecule has 0 saturated heterocycles. The Labute approximate surface area is 86.4 Å². The molecule has 4 heteroatoms. The van der Waals surface area contributed by atoms with Crippen molar-refractivity contribution in [2.75, 3.05) is 0 Å². The van der Waals surface area contributed by atoms with E-state index in [1.165, 1.54) is 19.9 Å². The van der Waals surface area contributed by atoms with E-state index < -0.39 is 5.36 Å². The summed E-state index contributed by atoms with van der Waals surface area (Å²) in [6.45, 7) is 6.08. The van der Waals surface area contributed by atoms with Crippen molar-refractivity contribution in [3.63, 3.8) is 0 Å². The third-order valence-electron chi connectivity index (χ3n) is 2.67. The molecule has 0 aromatic rings. The summed E-state index contributed by atoms with van der Waals surface area (Å²) < 4.78 is 11.6. The fourth-order valence-electron chi connectivity index (χ4n) is 1.65. The van der Waals surface area contributed by atoms with Gasteiger partial charge in [-0.15, -0.1) is 0 Å². The van der Waals surface area contributed by atoms with Crippen LogP contribution in [-0.4, -0.2) is 10.0 Å². The molecule has 0 fully saturated rings. The summed E-state index contributed by atoms with van der Waals surface area (Å²) in [5.74, 6) is 0. The van der Waals surface area contributed by atoms with Crippen LogP contribution in [0.5, 0.6) is 0 Å². The zero-order valence-electron chi connectivity index (χ0n) is 8.13. The molecule has 0 amide bonds. The van der Waals surface area contributed by atoms with Gasteiger partial charge in [0.15, 0.2) is 0 Å². The molecule has 71 valence electrons. The van der Waals surface area contributed by atoms with E-state index >= 15 is 0 Å². The second kappa shape index (κ2) is 4.95. The van der Waals surface area contributed by atoms with Gasteiger partial charge in [0.25, 0.3) is 0 Å². The molecule has 0 aromatic carbocycles. The van der Waals surface area contributed by atoms with E-state index in [4.69, 9.17) is 0 Å². The first-order chi connectivity index (χ1) is 5.43. The summed E-state index contributed by atoms with van der Waals surface area (Å²) in [6, 6.07) is 0. The molecule has 1 unspecified atom stereocenters. The van der Waals surface area contributed by atoms with Crippen LogP contribution in [0.4, 0.5) is 0 Å². The van der Waals surface area contributed by atoms with Gasteiger partial charge in [-0.2, -0.15) is 0 Å². The van der Waals surface area contributed by atoms with E-state index in [2.05, 4.69) is 6.92 Å². The minimum atomic E-state index is -2.92. The predicted octanol–water partition coefficient (Wildman–Crippen LogP) is 3.08. The zero-order chi connectivity index (χ0) is 9.83. The van der Waals surface area contributed by atoms with Crippen molar-refractivity contribution >= 4 is 5.36 Å². The van der Waals surface area contributed by atoms with Crippen LogP contribution in [0.25, 0.3) is 0 Å². The van der Waals surface area contributed by atoms with Crippen LogP contribution in [0.2, 0.25) is 0 Å². The van der Waals surface area contributed by atoms with E-state index in [1.54, 1.807) is 0 Å². The van der Waals surface area contributed by atoms with Gasteiger partial charge in [0, 0.05) is 0 Å². The summed E-state index contributed by atoms with van der Waals surface area (Å²) >= 11 is 1.50. The molecule has 0 spiro atoms. The van der Waals surface area contributed by atoms with Crippen molar-refractivity contribution in [3.8, 4) is 0 Å². The summed E-state index contributed by atoms with van der Waals surface area (Å²) in [6.07, 6.45) is 3.47. The van der Waals surface area contributed by atoms with Crippen LogP contribution in [0.1, 0.15) is 46.5 Å². The van der Waals surface area contributed by atoms with Crippen LogP contribution >= 0.6 is 5.36 Å². The molecule has 1 N–H and O–H groups in total. The van der Waals surface area contributed by atoms with E-state index in [0.29, 0.717) is 0 Å². The van der Waals surface area contributed by atoms with E-state index in [-0.39, 0.29) is 5.16 Å². The molecule has 0 aliphatic heterocycles. The Hall–Kier alpha value is 0.904. The maximum atomic E-state index is 11.6. The standard InChI is InChI=1S/C8H17O2P.Ti/c1-4-7-8(5-2,6-3)11(9)10;/h4-7H2,1-3H3;/q;-1/p+1. The van der Waals surface area contributed by atoms with Gasteiger partial charge >= 0.3 is 86.3 Å². The van der Waals surface area contributed by atoms with Crippen molar-refractivity contribution in [1.82, 2.24) is 0 Å². The van der Waals surface area contributed by atoms with Gasteiger partial charge in [-0.05, 0) is 0 Å². The average Bonchev–Trinajstić information content (AvgIpc) is 1.98. The molecular weight excluding hydrogens is 207 g/mol. The summed E-state index contributed by atoms with van der Waals surface area (Å²) in [5.41, 5.74) is 0. The van der Waals surface area contributed by atoms with Gasteiger partial charge in [-0.25, -0.2) is 0 Å². The van der Waals surface area contributed by atoms with Crippen molar-refractivity contribution in [1.29, 1.82) is 0 Å². The molecule has 1 atom stereocenters. The van der Waals surface area contributed by atoms with Crippen molar-refractivity contribution in [3.05, 3.63) is 0 Å². The molecule has 0 rings (SSSR count). The zero-order valence-corrected chi connectivity index (χ0v) is 10.6. The Morgan fingerprint density at radius 3 is 1.83 bits per heavy atom. The molecule has 0 aromatic heterocycles. The van der Waals surface area contributed by atoms with Gasteiger partial charge < -0.3 is 0 Å². The molecule has 0 radical (unpaired) electrons.